The van der Waals surface area contributed by atoms with Gasteiger partial charge in [-0.25, -0.2) is 4.79 Å². The van der Waals surface area contributed by atoms with E-state index >= 15 is 0 Å². The summed E-state index contributed by atoms with van der Waals surface area (Å²) < 4.78 is 4.94. The average Bonchev–Trinajstić information content (AvgIpc) is 2.87. The summed E-state index contributed by atoms with van der Waals surface area (Å²) in [6, 6.07) is -0.279. The lowest BCUT2D eigenvalue weighted by molar-refractivity contribution is -0.149. The first-order chi connectivity index (χ1) is 11.5. The number of amides is 4. The molecule has 24 heavy (non-hydrogen) atoms. The Hall–Kier alpha value is -2.12. The van der Waals surface area contributed by atoms with Gasteiger partial charge in [0.15, 0.2) is 6.61 Å². The average molecular weight is 339 g/mol. The van der Waals surface area contributed by atoms with Crippen LogP contribution in [0.25, 0.3) is 0 Å². The molecule has 2 N–H and O–H groups in total. The summed E-state index contributed by atoms with van der Waals surface area (Å²) in [5, 5.41) is 5.32. The molecule has 134 valence electrons. The Kier molecular flexibility index (Phi) is 6.57. The minimum absolute atomic E-state index is 0.00302. The third kappa shape index (κ3) is 5.21. The van der Waals surface area contributed by atoms with Gasteiger partial charge in [-0.1, -0.05) is 19.8 Å². The predicted molar refractivity (Wildman–Crippen MR) is 84.9 cm³/mol. The van der Waals surface area contributed by atoms with E-state index in [0.717, 1.165) is 24.2 Å². The van der Waals surface area contributed by atoms with Crippen molar-refractivity contribution in [3.63, 3.8) is 0 Å². The zero-order valence-electron chi connectivity index (χ0n) is 14.0. The fourth-order valence-corrected chi connectivity index (χ4v) is 3.06. The molecule has 1 saturated heterocycles. The molecule has 8 nitrogen and oxygen atoms in total. The van der Waals surface area contributed by atoms with E-state index in [-0.39, 0.29) is 44.0 Å². The minimum Gasteiger partial charge on any atom is -0.456 e. The molecule has 0 spiro atoms. The lowest BCUT2D eigenvalue weighted by atomic mass is 9.86. The van der Waals surface area contributed by atoms with Crippen LogP contribution in [-0.2, 0) is 19.1 Å². The van der Waals surface area contributed by atoms with Gasteiger partial charge in [0.05, 0.1) is 6.54 Å². The molecule has 0 unspecified atom stereocenters. The van der Waals surface area contributed by atoms with Crippen molar-refractivity contribution >= 4 is 23.8 Å². The molecular formula is C16H25N3O5. The van der Waals surface area contributed by atoms with Crippen LogP contribution in [0.3, 0.4) is 0 Å². The van der Waals surface area contributed by atoms with Crippen LogP contribution in [0, 0.1) is 5.92 Å². The van der Waals surface area contributed by atoms with Gasteiger partial charge in [-0.05, 0) is 25.2 Å². The molecule has 2 aliphatic rings. The highest BCUT2D eigenvalue weighted by atomic mass is 16.5. The predicted octanol–water partition coefficient (Wildman–Crippen LogP) is 0.557. The summed E-state index contributed by atoms with van der Waals surface area (Å²) in [7, 11) is 0. The molecule has 0 aromatic rings. The Morgan fingerprint density at radius 2 is 2.04 bits per heavy atom. The molecule has 1 heterocycles. The Labute approximate surface area is 141 Å². The van der Waals surface area contributed by atoms with Crippen molar-refractivity contribution in [3.8, 4) is 0 Å². The van der Waals surface area contributed by atoms with Crippen LogP contribution in [-0.4, -0.2) is 54.5 Å². The number of esters is 1. The highest BCUT2D eigenvalue weighted by molar-refractivity contribution is 6.01. The lowest BCUT2D eigenvalue weighted by Crippen LogP contribution is -2.42. The van der Waals surface area contributed by atoms with Crippen LogP contribution in [0.5, 0.6) is 0 Å². The molecule has 1 aliphatic carbocycles. The zero-order valence-corrected chi connectivity index (χ0v) is 14.0. The number of hydrogen-bond donors (Lipinski definition) is 2. The largest absolute Gasteiger partial charge is 0.456 e. The standard InChI is InChI=1S/C16H25N3O5/c1-11-5-2-3-6-12(11)18-13(20)10-24-15(22)7-4-8-19-14(21)9-17-16(19)23/h11-12H,2-10H2,1H3,(H,17,23)(H,18,20)/t11-,12+/m0/s1. The molecule has 0 bridgehead atoms. The van der Waals surface area contributed by atoms with Crippen LogP contribution in [0.1, 0.15) is 45.4 Å². The summed E-state index contributed by atoms with van der Waals surface area (Å²) in [4.78, 5) is 47.2. The van der Waals surface area contributed by atoms with Gasteiger partial charge in [-0.2, -0.15) is 0 Å². The van der Waals surface area contributed by atoms with Crippen LogP contribution >= 0.6 is 0 Å². The van der Waals surface area contributed by atoms with Crippen molar-refractivity contribution in [3.05, 3.63) is 0 Å². The van der Waals surface area contributed by atoms with Gasteiger partial charge in [-0.3, -0.25) is 19.3 Å². The van der Waals surface area contributed by atoms with Crippen molar-refractivity contribution in [2.45, 2.75) is 51.5 Å². The Morgan fingerprint density at radius 1 is 1.29 bits per heavy atom. The number of nitrogens with one attached hydrogen (secondary N) is 2. The van der Waals surface area contributed by atoms with Crippen LogP contribution in [0.15, 0.2) is 0 Å². The van der Waals surface area contributed by atoms with E-state index in [1.807, 2.05) is 0 Å². The monoisotopic (exact) mass is 339 g/mol. The van der Waals surface area contributed by atoms with E-state index in [9.17, 15) is 19.2 Å². The molecule has 0 aromatic carbocycles. The quantitative estimate of drug-likeness (QED) is 0.521. The van der Waals surface area contributed by atoms with Gasteiger partial charge in [0, 0.05) is 19.0 Å². The second kappa shape index (κ2) is 8.65. The fourth-order valence-electron chi connectivity index (χ4n) is 3.06. The maximum Gasteiger partial charge on any atom is 0.324 e. The van der Waals surface area contributed by atoms with Gasteiger partial charge in [0.25, 0.3) is 5.91 Å². The van der Waals surface area contributed by atoms with Gasteiger partial charge in [0.2, 0.25) is 5.91 Å². The summed E-state index contributed by atoms with van der Waals surface area (Å²) >= 11 is 0. The first-order valence-electron chi connectivity index (χ1n) is 8.50. The number of hydrogen-bond acceptors (Lipinski definition) is 5. The molecule has 8 heteroatoms. The van der Waals surface area contributed by atoms with E-state index in [1.165, 1.54) is 6.42 Å². The van der Waals surface area contributed by atoms with Crippen molar-refractivity contribution in [1.29, 1.82) is 0 Å². The topological polar surface area (TPSA) is 105 Å². The van der Waals surface area contributed by atoms with Crippen molar-refractivity contribution < 1.29 is 23.9 Å². The second-order valence-electron chi connectivity index (χ2n) is 6.40. The van der Waals surface area contributed by atoms with Gasteiger partial charge >= 0.3 is 12.0 Å². The highest BCUT2D eigenvalue weighted by Crippen LogP contribution is 2.23. The van der Waals surface area contributed by atoms with Gasteiger partial charge in [0.1, 0.15) is 0 Å². The van der Waals surface area contributed by atoms with Crippen molar-refractivity contribution in [2.75, 3.05) is 19.7 Å². The third-order valence-electron chi connectivity index (χ3n) is 4.52. The second-order valence-corrected chi connectivity index (χ2v) is 6.40. The highest BCUT2D eigenvalue weighted by Gasteiger charge is 2.28. The molecular weight excluding hydrogens is 314 g/mol. The molecule has 0 radical (unpaired) electrons. The maximum absolute atomic E-state index is 11.8. The first-order valence-corrected chi connectivity index (χ1v) is 8.50. The maximum atomic E-state index is 11.8. The third-order valence-corrected chi connectivity index (χ3v) is 4.52. The van der Waals surface area contributed by atoms with E-state index in [0.29, 0.717) is 12.3 Å². The number of urea groups is 1. The number of imide groups is 1. The molecule has 1 saturated carbocycles. The summed E-state index contributed by atoms with van der Waals surface area (Å²) in [5.41, 5.74) is 0. The normalized spacial score (nSPS) is 23.8. The number of carbonyl (C=O) groups is 4. The first kappa shape index (κ1) is 18.2. The molecule has 2 atom stereocenters. The van der Waals surface area contributed by atoms with E-state index in [1.54, 1.807) is 0 Å². The lowest BCUT2D eigenvalue weighted by Gasteiger charge is -2.29. The van der Waals surface area contributed by atoms with Crippen LogP contribution in [0.4, 0.5) is 4.79 Å². The van der Waals surface area contributed by atoms with E-state index in [4.69, 9.17) is 4.74 Å². The van der Waals surface area contributed by atoms with Crippen molar-refractivity contribution in [1.82, 2.24) is 15.5 Å². The smallest absolute Gasteiger partial charge is 0.324 e. The Balaban J connectivity index is 1.59. The zero-order chi connectivity index (χ0) is 17.5. The molecule has 0 aromatic heterocycles. The minimum atomic E-state index is -0.506. The molecule has 2 rings (SSSR count). The van der Waals surface area contributed by atoms with Gasteiger partial charge < -0.3 is 15.4 Å². The number of carbonyl (C=O) groups excluding carboxylic acids is 4. The SMILES string of the molecule is C[C@H]1CCCC[C@H]1NC(=O)COC(=O)CCCN1C(=O)CNC1=O. The molecule has 4 amide bonds. The Bertz CT molecular complexity index is 492. The van der Waals surface area contributed by atoms with Gasteiger partial charge in [-0.15, -0.1) is 0 Å². The molecule has 1 aliphatic heterocycles. The van der Waals surface area contributed by atoms with Crippen molar-refractivity contribution in [2.24, 2.45) is 5.92 Å². The van der Waals surface area contributed by atoms with E-state index < -0.39 is 12.0 Å². The van der Waals surface area contributed by atoms with Crippen LogP contribution < -0.4 is 10.6 Å². The number of rotatable bonds is 7. The van der Waals surface area contributed by atoms with E-state index in [2.05, 4.69) is 17.6 Å². The summed E-state index contributed by atoms with van der Waals surface area (Å²) in [6.45, 7) is 2.01. The Morgan fingerprint density at radius 3 is 2.71 bits per heavy atom. The summed E-state index contributed by atoms with van der Waals surface area (Å²) in [5.74, 6) is -0.637. The number of nitrogens with zero attached hydrogens (tertiary/aromatic N) is 1. The van der Waals surface area contributed by atoms with Crippen LogP contribution in [0.2, 0.25) is 0 Å². The summed E-state index contributed by atoms with van der Waals surface area (Å²) in [6.07, 6.45) is 4.75. The number of ether oxygens (including phenoxy) is 1. The fraction of sp³-hybridized carbons (Fsp3) is 0.750. The molecule has 2 fully saturated rings.